The number of nitrogens with one attached hydrogen (secondary N) is 1. The molecule has 3 heterocycles. The molecule has 2 aromatic heterocycles. The van der Waals surface area contributed by atoms with E-state index in [1.165, 1.54) is 0 Å². The molecule has 0 spiro atoms. The smallest absolute Gasteiger partial charge is 0.318 e. The number of amides is 2. The Bertz CT molecular complexity index is 1380. The summed E-state index contributed by atoms with van der Waals surface area (Å²) in [5.74, 6) is 0.609. The molecule has 0 saturated heterocycles. The van der Waals surface area contributed by atoms with Crippen LogP contribution in [0.2, 0.25) is 0 Å². The number of rotatable bonds is 7. The summed E-state index contributed by atoms with van der Waals surface area (Å²) in [7, 11) is 0. The number of aromatic nitrogens is 3. The first-order valence-electron chi connectivity index (χ1n) is 12.7. The SMILES string of the molecule is CCOC(=O)CCNC(=O)N1Cc2c(CC)nn(-c3ccccc3)c2-n2cccc2[C@@H]1c1ccccc1. The molecule has 4 aromatic rings. The van der Waals surface area contributed by atoms with Crippen molar-refractivity contribution < 1.29 is 14.3 Å². The maximum atomic E-state index is 13.7. The van der Waals surface area contributed by atoms with Gasteiger partial charge in [0.25, 0.3) is 0 Å². The Labute approximate surface area is 216 Å². The van der Waals surface area contributed by atoms with E-state index in [2.05, 4.69) is 22.9 Å². The number of fused-ring (bicyclic) bond motifs is 3. The average molecular weight is 498 g/mol. The number of benzene rings is 2. The van der Waals surface area contributed by atoms with Gasteiger partial charge in [-0.25, -0.2) is 9.48 Å². The molecule has 0 fully saturated rings. The van der Waals surface area contributed by atoms with Crippen LogP contribution < -0.4 is 5.32 Å². The first-order chi connectivity index (χ1) is 18.1. The van der Waals surface area contributed by atoms with Crippen molar-refractivity contribution in [3.63, 3.8) is 0 Å². The third-order valence-corrected chi connectivity index (χ3v) is 6.59. The Balaban J connectivity index is 1.61. The van der Waals surface area contributed by atoms with Crippen LogP contribution in [0.25, 0.3) is 11.5 Å². The highest BCUT2D eigenvalue weighted by atomic mass is 16.5. The van der Waals surface area contributed by atoms with E-state index < -0.39 is 0 Å². The lowest BCUT2D eigenvalue weighted by Crippen LogP contribution is -2.42. The minimum atomic E-state index is -0.333. The number of nitrogens with zero attached hydrogens (tertiary/aromatic N) is 4. The van der Waals surface area contributed by atoms with Crippen LogP contribution in [0.5, 0.6) is 0 Å². The lowest BCUT2D eigenvalue weighted by Gasteiger charge is -2.31. The molecule has 0 saturated carbocycles. The fraction of sp³-hybridized carbons (Fsp3) is 0.276. The minimum Gasteiger partial charge on any atom is -0.466 e. The lowest BCUT2D eigenvalue weighted by molar-refractivity contribution is -0.142. The van der Waals surface area contributed by atoms with Gasteiger partial charge in [0.2, 0.25) is 0 Å². The quantitative estimate of drug-likeness (QED) is 0.372. The van der Waals surface area contributed by atoms with Crippen LogP contribution >= 0.6 is 0 Å². The fourth-order valence-electron chi connectivity index (χ4n) is 4.94. The number of carbonyl (C=O) groups is 2. The number of carbonyl (C=O) groups excluding carboxylic acids is 2. The number of esters is 1. The summed E-state index contributed by atoms with van der Waals surface area (Å²) in [6.07, 6.45) is 2.89. The van der Waals surface area contributed by atoms with Crippen molar-refractivity contribution in [3.05, 3.63) is 102 Å². The van der Waals surface area contributed by atoms with Gasteiger partial charge in [0.1, 0.15) is 5.82 Å². The largest absolute Gasteiger partial charge is 0.466 e. The fourth-order valence-corrected chi connectivity index (χ4v) is 4.94. The number of para-hydroxylation sites is 1. The highest BCUT2D eigenvalue weighted by Crippen LogP contribution is 2.38. The van der Waals surface area contributed by atoms with Gasteiger partial charge < -0.3 is 19.5 Å². The third kappa shape index (κ3) is 4.74. The summed E-state index contributed by atoms with van der Waals surface area (Å²) in [5, 5.41) is 7.92. The van der Waals surface area contributed by atoms with Crippen LogP contribution in [0, 0.1) is 0 Å². The summed E-state index contributed by atoms with van der Waals surface area (Å²) >= 11 is 0. The molecule has 2 amide bonds. The van der Waals surface area contributed by atoms with E-state index in [1.807, 2.05) is 82.5 Å². The van der Waals surface area contributed by atoms with Crippen molar-refractivity contribution in [3.8, 4) is 11.5 Å². The molecular weight excluding hydrogens is 466 g/mol. The second-order valence-electron chi connectivity index (χ2n) is 8.88. The van der Waals surface area contributed by atoms with Gasteiger partial charge in [-0.05, 0) is 43.2 Å². The predicted octanol–water partition coefficient (Wildman–Crippen LogP) is 4.79. The number of hydrogen-bond acceptors (Lipinski definition) is 4. The molecular formula is C29H31N5O3. The van der Waals surface area contributed by atoms with E-state index in [9.17, 15) is 9.59 Å². The molecule has 1 N–H and O–H groups in total. The normalized spacial score (nSPS) is 14.4. The lowest BCUT2D eigenvalue weighted by atomic mass is 10.0. The second-order valence-corrected chi connectivity index (χ2v) is 8.88. The van der Waals surface area contributed by atoms with Gasteiger partial charge in [-0.1, -0.05) is 55.5 Å². The summed E-state index contributed by atoms with van der Waals surface area (Å²) < 4.78 is 9.14. The summed E-state index contributed by atoms with van der Waals surface area (Å²) in [5.41, 5.74) is 4.87. The molecule has 1 aliphatic heterocycles. The molecule has 0 aliphatic carbocycles. The van der Waals surface area contributed by atoms with Crippen LogP contribution in [0.3, 0.4) is 0 Å². The molecule has 1 atom stereocenters. The van der Waals surface area contributed by atoms with Gasteiger partial charge in [0, 0.05) is 18.3 Å². The molecule has 37 heavy (non-hydrogen) atoms. The molecule has 8 heteroatoms. The number of aryl methyl sites for hydroxylation is 1. The molecule has 190 valence electrons. The maximum absolute atomic E-state index is 13.7. The molecule has 2 aromatic carbocycles. The molecule has 0 bridgehead atoms. The van der Waals surface area contributed by atoms with Crippen LogP contribution in [-0.2, 0) is 22.5 Å². The summed E-state index contributed by atoms with van der Waals surface area (Å²) in [6.45, 7) is 4.74. The Kier molecular flexibility index (Phi) is 7.07. The molecule has 1 aliphatic rings. The van der Waals surface area contributed by atoms with Gasteiger partial charge >= 0.3 is 12.0 Å². The zero-order valence-electron chi connectivity index (χ0n) is 21.1. The van der Waals surface area contributed by atoms with E-state index in [-0.39, 0.29) is 31.0 Å². The Hall–Kier alpha value is -4.33. The predicted molar refractivity (Wildman–Crippen MR) is 141 cm³/mol. The first kappa shape index (κ1) is 24.4. The Morgan fingerprint density at radius 1 is 1.00 bits per heavy atom. The van der Waals surface area contributed by atoms with E-state index in [0.29, 0.717) is 13.2 Å². The van der Waals surface area contributed by atoms with Gasteiger partial charge in [-0.2, -0.15) is 5.10 Å². The molecule has 5 rings (SSSR count). The number of ether oxygens (including phenoxy) is 1. The van der Waals surface area contributed by atoms with Crippen molar-refractivity contribution in [2.24, 2.45) is 0 Å². The second kappa shape index (κ2) is 10.7. The van der Waals surface area contributed by atoms with Gasteiger partial charge in [0.15, 0.2) is 0 Å². The van der Waals surface area contributed by atoms with Gasteiger partial charge in [0.05, 0.1) is 42.7 Å². The topological polar surface area (TPSA) is 81.4 Å². The van der Waals surface area contributed by atoms with Crippen LogP contribution in [-0.4, -0.2) is 44.4 Å². The van der Waals surface area contributed by atoms with Crippen molar-refractivity contribution in [1.82, 2.24) is 24.6 Å². The zero-order chi connectivity index (χ0) is 25.8. The first-order valence-corrected chi connectivity index (χ1v) is 12.7. The summed E-state index contributed by atoms with van der Waals surface area (Å²) in [4.78, 5) is 27.4. The van der Waals surface area contributed by atoms with Gasteiger partial charge in [-0.3, -0.25) is 4.79 Å². The van der Waals surface area contributed by atoms with Crippen LogP contribution in [0.15, 0.2) is 79.0 Å². The highest BCUT2D eigenvalue weighted by molar-refractivity contribution is 5.77. The number of urea groups is 1. The van der Waals surface area contributed by atoms with Crippen LogP contribution in [0.4, 0.5) is 4.79 Å². The van der Waals surface area contributed by atoms with E-state index in [0.717, 1.165) is 40.4 Å². The van der Waals surface area contributed by atoms with Gasteiger partial charge in [-0.15, -0.1) is 0 Å². The van der Waals surface area contributed by atoms with Crippen molar-refractivity contribution in [2.45, 2.75) is 39.3 Å². The van der Waals surface area contributed by atoms with E-state index in [4.69, 9.17) is 9.84 Å². The van der Waals surface area contributed by atoms with E-state index in [1.54, 1.807) is 6.92 Å². The van der Waals surface area contributed by atoms with Crippen LogP contribution in [0.1, 0.15) is 48.8 Å². The zero-order valence-corrected chi connectivity index (χ0v) is 21.1. The molecule has 0 unspecified atom stereocenters. The Morgan fingerprint density at radius 3 is 2.43 bits per heavy atom. The molecule has 8 nitrogen and oxygen atoms in total. The Morgan fingerprint density at radius 2 is 1.73 bits per heavy atom. The number of hydrogen-bond donors (Lipinski definition) is 1. The third-order valence-electron chi connectivity index (χ3n) is 6.59. The summed E-state index contributed by atoms with van der Waals surface area (Å²) in [6, 6.07) is 23.6. The highest BCUT2D eigenvalue weighted by Gasteiger charge is 2.36. The standard InChI is InChI=1S/C29H31N5O3/c1-3-24-23-20-33(29(36)30-18-17-26(35)37-4-2)27(21-12-7-5-8-13-21)25-16-11-19-32(25)28(23)34(31-24)22-14-9-6-10-15-22/h5-16,19,27H,3-4,17-18,20H2,1-2H3,(H,30,36)/t27-/m0/s1. The minimum absolute atomic E-state index is 0.122. The van der Waals surface area contributed by atoms with Crippen molar-refractivity contribution >= 4 is 12.0 Å². The maximum Gasteiger partial charge on any atom is 0.318 e. The molecule has 0 radical (unpaired) electrons. The van der Waals surface area contributed by atoms with Crippen molar-refractivity contribution in [2.75, 3.05) is 13.2 Å². The average Bonchev–Trinajstić information content (AvgIpc) is 3.51. The van der Waals surface area contributed by atoms with Crippen molar-refractivity contribution in [1.29, 1.82) is 0 Å². The monoisotopic (exact) mass is 497 g/mol. The van der Waals surface area contributed by atoms with E-state index >= 15 is 0 Å².